The Morgan fingerprint density at radius 1 is 1.29 bits per heavy atom. The summed E-state index contributed by atoms with van der Waals surface area (Å²) in [6.07, 6.45) is 1.62. The minimum absolute atomic E-state index is 0.0343. The number of aromatic nitrogens is 2. The van der Waals surface area contributed by atoms with Gasteiger partial charge in [-0.05, 0) is 29.5 Å². The van der Waals surface area contributed by atoms with Crippen LogP contribution >= 0.6 is 11.3 Å². The molecule has 1 aliphatic rings. The molecule has 1 N–H and O–H groups in total. The van der Waals surface area contributed by atoms with Crippen LogP contribution in [0, 0.1) is 17.2 Å². The maximum atomic E-state index is 13.0. The largest absolute Gasteiger partial charge is 0.342 e. The highest BCUT2D eigenvalue weighted by molar-refractivity contribution is 7.15. The SMILES string of the molecule is CC(C)(C)Cc1nnc(NC(=O)[C@H]2CC(=O)N(CCc3ccc(F)cc3)C2)s1. The Morgan fingerprint density at radius 2 is 2.00 bits per heavy atom. The number of halogens is 1. The summed E-state index contributed by atoms with van der Waals surface area (Å²) in [6.45, 7) is 7.27. The molecule has 150 valence electrons. The first kappa shape index (κ1) is 20.4. The van der Waals surface area contributed by atoms with Gasteiger partial charge in [0.05, 0.1) is 5.92 Å². The van der Waals surface area contributed by atoms with Gasteiger partial charge in [-0.2, -0.15) is 0 Å². The van der Waals surface area contributed by atoms with E-state index in [9.17, 15) is 14.0 Å². The zero-order valence-electron chi connectivity index (χ0n) is 16.4. The standard InChI is InChI=1S/C20H25FN4O2S/c1-20(2,3)11-16-23-24-19(28-16)22-18(27)14-10-17(26)25(12-14)9-8-13-4-6-15(21)7-5-13/h4-7,14H,8-12H2,1-3H3,(H,22,24,27)/t14-/m0/s1. The van der Waals surface area contributed by atoms with Crippen molar-refractivity contribution in [3.8, 4) is 0 Å². The molecule has 0 saturated carbocycles. The van der Waals surface area contributed by atoms with E-state index in [0.717, 1.165) is 17.0 Å². The lowest BCUT2D eigenvalue weighted by atomic mass is 9.93. The number of hydrogen-bond donors (Lipinski definition) is 1. The summed E-state index contributed by atoms with van der Waals surface area (Å²) in [4.78, 5) is 26.5. The summed E-state index contributed by atoms with van der Waals surface area (Å²) in [5.74, 6) is -0.903. The quantitative estimate of drug-likeness (QED) is 0.802. The van der Waals surface area contributed by atoms with Crippen LogP contribution in [-0.2, 0) is 22.4 Å². The van der Waals surface area contributed by atoms with Gasteiger partial charge in [-0.1, -0.05) is 44.2 Å². The van der Waals surface area contributed by atoms with Gasteiger partial charge in [0.1, 0.15) is 10.8 Å². The van der Waals surface area contributed by atoms with Crippen molar-refractivity contribution in [2.24, 2.45) is 11.3 Å². The van der Waals surface area contributed by atoms with Crippen LogP contribution in [0.2, 0.25) is 0 Å². The summed E-state index contributed by atoms with van der Waals surface area (Å²) in [5.41, 5.74) is 1.06. The maximum Gasteiger partial charge on any atom is 0.231 e. The van der Waals surface area contributed by atoms with Crippen molar-refractivity contribution in [3.63, 3.8) is 0 Å². The number of likely N-dealkylation sites (tertiary alicyclic amines) is 1. The normalized spacial score (nSPS) is 17.2. The molecule has 8 heteroatoms. The highest BCUT2D eigenvalue weighted by Gasteiger charge is 2.34. The highest BCUT2D eigenvalue weighted by Crippen LogP contribution is 2.26. The van der Waals surface area contributed by atoms with Crippen molar-refractivity contribution < 1.29 is 14.0 Å². The minimum Gasteiger partial charge on any atom is -0.342 e. The van der Waals surface area contributed by atoms with E-state index in [-0.39, 0.29) is 29.5 Å². The molecule has 1 saturated heterocycles. The molecular weight excluding hydrogens is 379 g/mol. The van der Waals surface area contributed by atoms with Gasteiger partial charge in [-0.3, -0.25) is 9.59 Å². The molecule has 2 aromatic rings. The summed E-state index contributed by atoms with van der Waals surface area (Å²) < 4.78 is 13.0. The number of rotatable bonds is 6. The number of nitrogens with one attached hydrogen (secondary N) is 1. The van der Waals surface area contributed by atoms with Crippen molar-refractivity contribution in [1.82, 2.24) is 15.1 Å². The maximum absolute atomic E-state index is 13.0. The Kier molecular flexibility index (Phi) is 6.07. The molecule has 1 aliphatic heterocycles. The Hall–Kier alpha value is -2.35. The molecule has 0 unspecified atom stereocenters. The molecule has 28 heavy (non-hydrogen) atoms. The molecule has 2 heterocycles. The van der Waals surface area contributed by atoms with Gasteiger partial charge in [0, 0.05) is 25.9 Å². The van der Waals surface area contributed by atoms with Crippen LogP contribution in [0.1, 0.15) is 37.8 Å². The highest BCUT2D eigenvalue weighted by atomic mass is 32.1. The fourth-order valence-corrected chi connectivity index (χ4v) is 4.16. The Morgan fingerprint density at radius 3 is 2.68 bits per heavy atom. The molecule has 0 aliphatic carbocycles. The van der Waals surface area contributed by atoms with Crippen LogP contribution in [0.3, 0.4) is 0 Å². The second-order valence-corrected chi connectivity index (χ2v) is 9.41. The molecule has 6 nitrogen and oxygen atoms in total. The van der Waals surface area contributed by atoms with E-state index >= 15 is 0 Å². The minimum atomic E-state index is -0.393. The average Bonchev–Trinajstić information content (AvgIpc) is 3.19. The fourth-order valence-electron chi connectivity index (χ4n) is 3.12. The number of benzene rings is 1. The van der Waals surface area contributed by atoms with Crippen LogP contribution in [0.25, 0.3) is 0 Å². The van der Waals surface area contributed by atoms with E-state index < -0.39 is 5.92 Å². The number of hydrogen-bond acceptors (Lipinski definition) is 5. The third-order valence-electron chi connectivity index (χ3n) is 4.55. The number of carbonyl (C=O) groups excluding carboxylic acids is 2. The molecular formula is C20H25FN4O2S. The van der Waals surface area contributed by atoms with Crippen molar-refractivity contribution >= 4 is 28.3 Å². The Balaban J connectivity index is 1.51. The smallest absolute Gasteiger partial charge is 0.231 e. The lowest BCUT2D eigenvalue weighted by molar-refractivity contribution is -0.128. The lowest BCUT2D eigenvalue weighted by Gasteiger charge is -2.16. The van der Waals surface area contributed by atoms with Crippen molar-refractivity contribution in [2.45, 2.75) is 40.0 Å². The van der Waals surface area contributed by atoms with Gasteiger partial charge < -0.3 is 10.2 Å². The van der Waals surface area contributed by atoms with Crippen LogP contribution < -0.4 is 5.32 Å². The van der Waals surface area contributed by atoms with Gasteiger partial charge in [-0.25, -0.2) is 4.39 Å². The van der Waals surface area contributed by atoms with E-state index in [1.165, 1.54) is 23.5 Å². The van der Waals surface area contributed by atoms with Crippen molar-refractivity contribution in [3.05, 3.63) is 40.7 Å². The molecule has 1 fully saturated rings. The van der Waals surface area contributed by atoms with Crippen molar-refractivity contribution in [1.29, 1.82) is 0 Å². The monoisotopic (exact) mass is 404 g/mol. The third kappa shape index (κ3) is 5.58. The van der Waals surface area contributed by atoms with Gasteiger partial charge in [-0.15, -0.1) is 10.2 Å². The number of anilines is 1. The lowest BCUT2D eigenvalue weighted by Crippen LogP contribution is -2.30. The van der Waals surface area contributed by atoms with E-state index in [1.807, 2.05) is 0 Å². The molecule has 0 spiro atoms. The molecule has 0 bridgehead atoms. The second-order valence-electron chi connectivity index (χ2n) is 8.34. The molecule has 1 aromatic carbocycles. The predicted octanol–water partition coefficient (Wildman–Crippen LogP) is 3.30. The predicted molar refractivity (Wildman–Crippen MR) is 106 cm³/mol. The van der Waals surface area contributed by atoms with Crippen LogP contribution in [0.4, 0.5) is 9.52 Å². The fraction of sp³-hybridized carbons (Fsp3) is 0.500. The Bertz CT molecular complexity index is 845. The summed E-state index contributed by atoms with van der Waals surface area (Å²) >= 11 is 1.37. The molecule has 0 radical (unpaired) electrons. The van der Waals surface area contributed by atoms with Crippen LogP contribution in [0.15, 0.2) is 24.3 Å². The third-order valence-corrected chi connectivity index (χ3v) is 5.39. The first-order chi connectivity index (χ1) is 13.2. The number of amides is 2. The number of nitrogens with zero attached hydrogens (tertiary/aromatic N) is 3. The van der Waals surface area contributed by atoms with Gasteiger partial charge in [0.25, 0.3) is 0 Å². The summed E-state index contributed by atoms with van der Waals surface area (Å²) in [5, 5.41) is 12.3. The summed E-state index contributed by atoms with van der Waals surface area (Å²) in [7, 11) is 0. The Labute approximate surface area is 168 Å². The van der Waals surface area contributed by atoms with E-state index in [0.29, 0.717) is 24.6 Å². The second kappa shape index (κ2) is 8.34. The zero-order chi connectivity index (χ0) is 20.3. The molecule has 1 aromatic heterocycles. The first-order valence-electron chi connectivity index (χ1n) is 9.35. The topological polar surface area (TPSA) is 75.2 Å². The summed E-state index contributed by atoms with van der Waals surface area (Å²) in [6, 6.07) is 6.25. The molecule has 2 amide bonds. The van der Waals surface area contributed by atoms with Gasteiger partial charge in [0.15, 0.2) is 0 Å². The first-order valence-corrected chi connectivity index (χ1v) is 10.2. The zero-order valence-corrected chi connectivity index (χ0v) is 17.2. The number of carbonyl (C=O) groups is 2. The van der Waals surface area contributed by atoms with E-state index in [1.54, 1.807) is 17.0 Å². The van der Waals surface area contributed by atoms with Crippen LogP contribution in [-0.4, -0.2) is 40.0 Å². The average molecular weight is 405 g/mol. The van der Waals surface area contributed by atoms with Gasteiger partial charge >= 0.3 is 0 Å². The van der Waals surface area contributed by atoms with Gasteiger partial charge in [0.2, 0.25) is 16.9 Å². The molecule has 1 atom stereocenters. The van der Waals surface area contributed by atoms with E-state index in [4.69, 9.17) is 0 Å². The van der Waals surface area contributed by atoms with E-state index in [2.05, 4.69) is 36.3 Å². The van der Waals surface area contributed by atoms with Crippen molar-refractivity contribution in [2.75, 3.05) is 18.4 Å². The van der Waals surface area contributed by atoms with Crippen LogP contribution in [0.5, 0.6) is 0 Å². The molecule has 3 rings (SSSR count).